The molecule has 1 saturated carbocycles. The Morgan fingerprint density at radius 1 is 1.57 bits per heavy atom. The molecule has 0 saturated heterocycles. The van der Waals surface area contributed by atoms with Crippen LogP contribution in [0.3, 0.4) is 0 Å². The van der Waals surface area contributed by atoms with Crippen molar-refractivity contribution in [3.8, 4) is 0 Å². The third-order valence-electron chi connectivity index (χ3n) is 3.09. The van der Waals surface area contributed by atoms with Crippen molar-refractivity contribution in [3.05, 3.63) is 0 Å². The van der Waals surface area contributed by atoms with Gasteiger partial charge in [-0.3, -0.25) is 4.79 Å². The van der Waals surface area contributed by atoms with Crippen molar-refractivity contribution in [1.82, 2.24) is 5.32 Å². The largest absolute Gasteiger partial charge is 0.350 e. The lowest BCUT2D eigenvalue weighted by Crippen LogP contribution is -2.55. The molecule has 0 spiro atoms. The molecular weight excluding hydrogens is 176 g/mol. The van der Waals surface area contributed by atoms with E-state index in [-0.39, 0.29) is 17.5 Å². The van der Waals surface area contributed by atoms with Crippen LogP contribution in [0.15, 0.2) is 0 Å². The number of carbonyl (C=O) groups is 1. The van der Waals surface area contributed by atoms with Crippen LogP contribution in [-0.4, -0.2) is 17.5 Å². The lowest BCUT2D eigenvalue weighted by Gasteiger charge is -2.39. The lowest BCUT2D eigenvalue weighted by molar-refractivity contribution is -0.125. The summed E-state index contributed by atoms with van der Waals surface area (Å²) in [6, 6.07) is -0.313. The van der Waals surface area contributed by atoms with Gasteiger partial charge in [-0.05, 0) is 32.6 Å². The molecule has 1 atom stereocenters. The first-order valence-electron chi connectivity index (χ1n) is 5.65. The Kier molecular flexibility index (Phi) is 3.93. The highest BCUT2D eigenvalue weighted by atomic mass is 16.2. The van der Waals surface area contributed by atoms with Crippen molar-refractivity contribution in [2.24, 2.45) is 5.73 Å². The Hall–Kier alpha value is -0.570. The fourth-order valence-electron chi connectivity index (χ4n) is 1.78. The van der Waals surface area contributed by atoms with Crippen LogP contribution in [0.1, 0.15) is 52.4 Å². The van der Waals surface area contributed by atoms with Gasteiger partial charge in [0.1, 0.15) is 0 Å². The molecule has 0 aromatic heterocycles. The third-order valence-corrected chi connectivity index (χ3v) is 3.09. The highest BCUT2D eigenvalue weighted by Crippen LogP contribution is 2.30. The molecule has 1 amide bonds. The van der Waals surface area contributed by atoms with E-state index in [1.165, 1.54) is 6.42 Å². The number of unbranched alkanes of at least 4 members (excludes halogenated alkanes) is 1. The zero-order chi connectivity index (χ0) is 10.6. The number of rotatable bonds is 5. The summed E-state index contributed by atoms with van der Waals surface area (Å²) in [5.41, 5.74) is 5.82. The second-order valence-corrected chi connectivity index (χ2v) is 4.65. The topological polar surface area (TPSA) is 55.1 Å². The van der Waals surface area contributed by atoms with Crippen LogP contribution in [0, 0.1) is 0 Å². The zero-order valence-corrected chi connectivity index (χ0v) is 9.31. The Morgan fingerprint density at radius 2 is 2.21 bits per heavy atom. The van der Waals surface area contributed by atoms with Crippen molar-refractivity contribution < 1.29 is 4.79 Å². The van der Waals surface area contributed by atoms with Crippen LogP contribution in [0.25, 0.3) is 0 Å². The van der Waals surface area contributed by atoms with Crippen molar-refractivity contribution in [1.29, 1.82) is 0 Å². The van der Waals surface area contributed by atoms with Crippen LogP contribution in [0.5, 0.6) is 0 Å². The van der Waals surface area contributed by atoms with Gasteiger partial charge in [0.25, 0.3) is 0 Å². The van der Waals surface area contributed by atoms with Crippen molar-refractivity contribution in [3.63, 3.8) is 0 Å². The van der Waals surface area contributed by atoms with Gasteiger partial charge in [0.05, 0.1) is 6.04 Å². The standard InChI is InChI=1S/C11H22N2O/c1-3-4-6-9(12)10(14)13-11(2)7-5-8-11/h9H,3-8,12H2,1-2H3,(H,13,14)/t9-/m0/s1. The summed E-state index contributed by atoms with van der Waals surface area (Å²) in [6.45, 7) is 4.21. The Bertz CT molecular complexity index is 199. The molecule has 3 heteroatoms. The van der Waals surface area contributed by atoms with E-state index in [0.29, 0.717) is 0 Å². The molecule has 0 aromatic rings. The molecule has 0 unspecified atom stereocenters. The average Bonchev–Trinajstić information content (AvgIpc) is 2.11. The molecule has 1 rings (SSSR count). The number of hydrogen-bond donors (Lipinski definition) is 2. The van der Waals surface area contributed by atoms with Crippen LogP contribution in [0.2, 0.25) is 0 Å². The van der Waals surface area contributed by atoms with Gasteiger partial charge in [-0.25, -0.2) is 0 Å². The molecule has 1 aliphatic rings. The summed E-state index contributed by atoms with van der Waals surface area (Å²) in [7, 11) is 0. The minimum atomic E-state index is -0.313. The smallest absolute Gasteiger partial charge is 0.237 e. The molecule has 82 valence electrons. The highest BCUT2D eigenvalue weighted by molar-refractivity contribution is 5.82. The average molecular weight is 198 g/mol. The number of nitrogens with one attached hydrogen (secondary N) is 1. The molecule has 1 aliphatic carbocycles. The van der Waals surface area contributed by atoms with E-state index >= 15 is 0 Å². The molecule has 0 radical (unpaired) electrons. The number of nitrogens with two attached hydrogens (primary N) is 1. The molecule has 3 N–H and O–H groups in total. The number of carbonyl (C=O) groups excluding carboxylic acids is 1. The predicted octanol–water partition coefficient (Wildman–Crippen LogP) is 1.56. The molecule has 1 fully saturated rings. The number of hydrogen-bond acceptors (Lipinski definition) is 2. The molecular formula is C11H22N2O. The van der Waals surface area contributed by atoms with Crippen LogP contribution < -0.4 is 11.1 Å². The van der Waals surface area contributed by atoms with Crippen LogP contribution in [-0.2, 0) is 4.79 Å². The van der Waals surface area contributed by atoms with E-state index in [4.69, 9.17) is 5.73 Å². The summed E-state index contributed by atoms with van der Waals surface area (Å²) in [6.07, 6.45) is 6.35. The quantitative estimate of drug-likeness (QED) is 0.704. The number of amides is 1. The van der Waals surface area contributed by atoms with Crippen molar-refractivity contribution in [2.45, 2.75) is 64.0 Å². The maximum atomic E-state index is 11.6. The second-order valence-electron chi connectivity index (χ2n) is 4.65. The second kappa shape index (κ2) is 4.78. The first-order chi connectivity index (χ1) is 6.57. The van der Waals surface area contributed by atoms with E-state index in [1.54, 1.807) is 0 Å². The Balaban J connectivity index is 2.26. The zero-order valence-electron chi connectivity index (χ0n) is 9.31. The minimum absolute atomic E-state index is 0.0284. The van der Waals surface area contributed by atoms with Gasteiger partial charge >= 0.3 is 0 Å². The van der Waals surface area contributed by atoms with E-state index in [9.17, 15) is 4.79 Å². The summed E-state index contributed by atoms with van der Waals surface area (Å²) in [4.78, 5) is 11.6. The maximum absolute atomic E-state index is 11.6. The van der Waals surface area contributed by atoms with Crippen LogP contribution >= 0.6 is 0 Å². The monoisotopic (exact) mass is 198 g/mol. The normalized spacial score (nSPS) is 21.1. The fourth-order valence-corrected chi connectivity index (χ4v) is 1.78. The molecule has 0 bridgehead atoms. The van der Waals surface area contributed by atoms with Gasteiger partial charge in [-0.15, -0.1) is 0 Å². The highest BCUT2D eigenvalue weighted by Gasteiger charge is 2.34. The maximum Gasteiger partial charge on any atom is 0.237 e. The van der Waals surface area contributed by atoms with Gasteiger partial charge in [-0.1, -0.05) is 19.8 Å². The predicted molar refractivity (Wildman–Crippen MR) is 57.9 cm³/mol. The van der Waals surface area contributed by atoms with E-state index in [1.807, 2.05) is 0 Å². The summed E-state index contributed by atoms with van der Waals surface area (Å²) in [5, 5.41) is 3.04. The SMILES string of the molecule is CCCC[C@H](N)C(=O)NC1(C)CCC1. The van der Waals surface area contributed by atoms with Crippen molar-refractivity contribution >= 4 is 5.91 Å². The molecule has 0 aromatic carbocycles. The third kappa shape index (κ3) is 2.98. The molecule has 0 aliphatic heterocycles. The van der Waals surface area contributed by atoms with Gasteiger partial charge in [0, 0.05) is 5.54 Å². The van der Waals surface area contributed by atoms with E-state index in [0.717, 1.165) is 32.1 Å². The first kappa shape index (κ1) is 11.5. The van der Waals surface area contributed by atoms with E-state index in [2.05, 4.69) is 19.2 Å². The van der Waals surface area contributed by atoms with Crippen LogP contribution in [0.4, 0.5) is 0 Å². The Morgan fingerprint density at radius 3 is 2.64 bits per heavy atom. The lowest BCUT2D eigenvalue weighted by atomic mass is 9.78. The van der Waals surface area contributed by atoms with Gasteiger partial charge < -0.3 is 11.1 Å². The van der Waals surface area contributed by atoms with Gasteiger partial charge in [0.15, 0.2) is 0 Å². The molecule has 14 heavy (non-hydrogen) atoms. The summed E-state index contributed by atoms with van der Waals surface area (Å²) in [5.74, 6) is 0.0284. The first-order valence-corrected chi connectivity index (χ1v) is 5.65. The van der Waals surface area contributed by atoms with Crippen molar-refractivity contribution in [2.75, 3.05) is 0 Å². The molecule has 0 heterocycles. The van der Waals surface area contributed by atoms with Gasteiger partial charge in [-0.2, -0.15) is 0 Å². The minimum Gasteiger partial charge on any atom is -0.350 e. The molecule has 3 nitrogen and oxygen atoms in total. The van der Waals surface area contributed by atoms with E-state index < -0.39 is 0 Å². The fraction of sp³-hybridized carbons (Fsp3) is 0.909. The van der Waals surface area contributed by atoms with Gasteiger partial charge in [0.2, 0.25) is 5.91 Å². The summed E-state index contributed by atoms with van der Waals surface area (Å²) < 4.78 is 0. The Labute approximate surface area is 86.4 Å². The summed E-state index contributed by atoms with van der Waals surface area (Å²) >= 11 is 0.